The molecule has 3 nitrogen and oxygen atoms in total. The third-order valence-corrected chi connectivity index (χ3v) is 3.23. The second-order valence-electron chi connectivity index (χ2n) is 4.30. The molecule has 2 aromatic rings. The van der Waals surface area contributed by atoms with Gasteiger partial charge in [0.25, 0.3) is 0 Å². The molecule has 0 heterocycles. The van der Waals surface area contributed by atoms with Gasteiger partial charge < -0.3 is 15.2 Å². The van der Waals surface area contributed by atoms with Gasteiger partial charge in [0.2, 0.25) is 0 Å². The Morgan fingerprint density at radius 2 is 1.85 bits per heavy atom. The molecule has 0 amide bonds. The molecule has 0 spiro atoms. The topological polar surface area (TPSA) is 44.5 Å². The Kier molecular flexibility index (Phi) is 4.58. The van der Waals surface area contributed by atoms with Crippen LogP contribution in [0.5, 0.6) is 17.2 Å². The molecule has 4 heteroatoms. The molecule has 0 unspecified atom stereocenters. The Morgan fingerprint density at radius 1 is 1.10 bits per heavy atom. The first-order valence-corrected chi connectivity index (χ1v) is 6.80. The molecule has 2 N–H and O–H groups in total. The van der Waals surface area contributed by atoms with Crippen LogP contribution in [0.1, 0.15) is 18.1 Å². The van der Waals surface area contributed by atoms with Crippen LogP contribution in [0, 0.1) is 0 Å². The normalized spacial score (nSPS) is 10.1. The summed E-state index contributed by atoms with van der Waals surface area (Å²) in [4.78, 5) is 0.310. The fourth-order valence-electron chi connectivity index (χ4n) is 1.89. The van der Waals surface area contributed by atoms with Crippen molar-refractivity contribution >= 4 is 17.2 Å². The molecule has 0 fully saturated rings. The van der Waals surface area contributed by atoms with Crippen LogP contribution in [0.15, 0.2) is 42.5 Å². The number of rotatable bonds is 5. The average Bonchev–Trinajstić information content (AvgIpc) is 2.48. The van der Waals surface area contributed by atoms with Gasteiger partial charge in [-0.2, -0.15) is 0 Å². The molecule has 0 atom stereocenters. The lowest BCUT2D eigenvalue weighted by Gasteiger charge is -2.13. The van der Waals surface area contributed by atoms with Crippen LogP contribution in [0.4, 0.5) is 0 Å². The molecule has 0 radical (unpaired) electrons. The van der Waals surface area contributed by atoms with Gasteiger partial charge in [-0.25, -0.2) is 0 Å². The molecule has 0 bridgehead atoms. The van der Waals surface area contributed by atoms with E-state index in [2.05, 4.69) is 6.92 Å². The third kappa shape index (κ3) is 3.08. The van der Waals surface area contributed by atoms with E-state index in [-0.39, 0.29) is 0 Å². The van der Waals surface area contributed by atoms with Gasteiger partial charge in [-0.3, -0.25) is 0 Å². The molecular weight excluding hydrogens is 270 g/mol. The van der Waals surface area contributed by atoms with Crippen molar-refractivity contribution in [2.24, 2.45) is 5.73 Å². The minimum Gasteiger partial charge on any atom is -0.493 e. The van der Waals surface area contributed by atoms with Gasteiger partial charge in [0.05, 0.1) is 12.7 Å². The molecule has 2 rings (SSSR count). The number of ether oxygens (including phenoxy) is 2. The van der Waals surface area contributed by atoms with Gasteiger partial charge in [-0.15, -0.1) is 0 Å². The van der Waals surface area contributed by atoms with Crippen molar-refractivity contribution in [3.63, 3.8) is 0 Å². The Balaban J connectivity index is 2.37. The van der Waals surface area contributed by atoms with Crippen LogP contribution in [0.3, 0.4) is 0 Å². The second kappa shape index (κ2) is 6.39. The second-order valence-corrected chi connectivity index (χ2v) is 4.74. The van der Waals surface area contributed by atoms with E-state index in [0.717, 1.165) is 6.42 Å². The molecule has 0 aliphatic rings. The van der Waals surface area contributed by atoms with Crippen molar-refractivity contribution in [2.45, 2.75) is 13.3 Å². The summed E-state index contributed by atoms with van der Waals surface area (Å²) in [5, 5.41) is 0. The highest BCUT2D eigenvalue weighted by Crippen LogP contribution is 2.33. The smallest absolute Gasteiger partial charge is 0.169 e. The Hall–Kier alpha value is -2.07. The van der Waals surface area contributed by atoms with Crippen molar-refractivity contribution in [2.75, 3.05) is 7.11 Å². The summed E-state index contributed by atoms with van der Waals surface area (Å²) >= 11 is 5.03. The Bertz CT molecular complexity index is 626. The van der Waals surface area contributed by atoms with Gasteiger partial charge in [0.15, 0.2) is 11.5 Å². The van der Waals surface area contributed by atoms with Gasteiger partial charge >= 0.3 is 0 Å². The first-order valence-electron chi connectivity index (χ1n) is 6.39. The molecular formula is C16H17NO2S. The molecule has 2 aromatic carbocycles. The summed E-state index contributed by atoms with van der Waals surface area (Å²) in [6.45, 7) is 2.09. The monoisotopic (exact) mass is 287 g/mol. The largest absolute Gasteiger partial charge is 0.493 e. The lowest BCUT2D eigenvalue weighted by atomic mass is 10.1. The van der Waals surface area contributed by atoms with Crippen LogP contribution in [-0.2, 0) is 6.42 Å². The zero-order chi connectivity index (χ0) is 14.5. The van der Waals surface area contributed by atoms with Crippen LogP contribution < -0.4 is 15.2 Å². The molecule has 0 aromatic heterocycles. The number of hydrogen-bond acceptors (Lipinski definition) is 3. The van der Waals surface area contributed by atoms with Gasteiger partial charge in [-0.1, -0.05) is 37.3 Å². The summed E-state index contributed by atoms with van der Waals surface area (Å²) in [5.74, 6) is 1.97. The first kappa shape index (κ1) is 14.3. The highest BCUT2D eigenvalue weighted by Gasteiger charge is 2.10. The summed E-state index contributed by atoms with van der Waals surface area (Å²) in [6, 6.07) is 13.3. The van der Waals surface area contributed by atoms with Crippen molar-refractivity contribution in [3.05, 3.63) is 53.6 Å². The maximum absolute atomic E-state index is 5.90. The predicted molar refractivity (Wildman–Crippen MR) is 84.8 cm³/mol. The van der Waals surface area contributed by atoms with E-state index in [9.17, 15) is 0 Å². The zero-order valence-corrected chi connectivity index (χ0v) is 12.4. The lowest BCUT2D eigenvalue weighted by molar-refractivity contribution is 0.378. The Morgan fingerprint density at radius 3 is 2.50 bits per heavy atom. The van der Waals surface area contributed by atoms with Crippen LogP contribution in [-0.4, -0.2) is 12.1 Å². The fraction of sp³-hybridized carbons (Fsp3) is 0.188. The number of para-hydroxylation sites is 1. The van der Waals surface area contributed by atoms with E-state index >= 15 is 0 Å². The van der Waals surface area contributed by atoms with E-state index in [4.69, 9.17) is 27.4 Å². The number of benzene rings is 2. The van der Waals surface area contributed by atoms with Crippen LogP contribution >= 0.6 is 12.2 Å². The van der Waals surface area contributed by atoms with Crippen molar-refractivity contribution in [3.8, 4) is 17.2 Å². The van der Waals surface area contributed by atoms with E-state index in [1.807, 2.05) is 42.5 Å². The number of nitrogens with two attached hydrogens (primary N) is 1. The predicted octanol–water partition coefficient (Wildman–Crippen LogP) is 3.68. The standard InChI is InChI=1S/C16H17NO2S/c1-3-11-8-9-14(15(10-11)18-2)19-13-7-5-4-6-12(13)16(17)20/h4-10H,3H2,1-2H3,(H2,17,20). The quantitative estimate of drug-likeness (QED) is 0.852. The van der Waals surface area contributed by atoms with Crippen molar-refractivity contribution in [1.29, 1.82) is 0 Å². The van der Waals surface area contributed by atoms with Crippen LogP contribution in [0.2, 0.25) is 0 Å². The minimum absolute atomic E-state index is 0.310. The molecule has 0 aliphatic heterocycles. The van der Waals surface area contributed by atoms with E-state index in [1.54, 1.807) is 7.11 Å². The van der Waals surface area contributed by atoms with Gasteiger partial charge in [-0.05, 0) is 36.2 Å². The van der Waals surface area contributed by atoms with Crippen molar-refractivity contribution in [1.82, 2.24) is 0 Å². The van der Waals surface area contributed by atoms with Crippen LogP contribution in [0.25, 0.3) is 0 Å². The molecule has 0 aliphatic carbocycles. The zero-order valence-electron chi connectivity index (χ0n) is 11.6. The highest BCUT2D eigenvalue weighted by atomic mass is 32.1. The number of thiocarbonyl (C=S) groups is 1. The summed E-state index contributed by atoms with van der Waals surface area (Å²) < 4.78 is 11.3. The maximum atomic E-state index is 5.90. The lowest BCUT2D eigenvalue weighted by Crippen LogP contribution is -2.10. The molecule has 104 valence electrons. The highest BCUT2D eigenvalue weighted by molar-refractivity contribution is 7.80. The minimum atomic E-state index is 0.310. The fourth-order valence-corrected chi connectivity index (χ4v) is 2.06. The molecule has 0 saturated heterocycles. The van der Waals surface area contributed by atoms with Gasteiger partial charge in [0, 0.05) is 0 Å². The number of aryl methyl sites for hydroxylation is 1. The number of hydrogen-bond donors (Lipinski definition) is 1. The van der Waals surface area contributed by atoms with Gasteiger partial charge in [0.1, 0.15) is 10.7 Å². The maximum Gasteiger partial charge on any atom is 0.169 e. The summed E-state index contributed by atoms with van der Waals surface area (Å²) in [5.41, 5.74) is 7.61. The third-order valence-electron chi connectivity index (χ3n) is 3.01. The summed E-state index contributed by atoms with van der Waals surface area (Å²) in [6.07, 6.45) is 0.945. The first-order chi connectivity index (χ1) is 9.65. The molecule has 0 saturated carbocycles. The SMILES string of the molecule is CCc1ccc(Oc2ccccc2C(N)=S)c(OC)c1. The van der Waals surface area contributed by atoms with E-state index < -0.39 is 0 Å². The number of methoxy groups -OCH3 is 1. The van der Waals surface area contributed by atoms with Crippen molar-refractivity contribution < 1.29 is 9.47 Å². The summed E-state index contributed by atoms with van der Waals surface area (Å²) in [7, 11) is 1.63. The van der Waals surface area contributed by atoms with E-state index in [1.165, 1.54) is 5.56 Å². The van der Waals surface area contributed by atoms with E-state index in [0.29, 0.717) is 27.8 Å². The molecule has 20 heavy (non-hydrogen) atoms. The average molecular weight is 287 g/mol. The Labute approximate surface area is 124 Å².